The van der Waals surface area contributed by atoms with Crippen molar-refractivity contribution in [1.82, 2.24) is 0 Å². The first-order chi connectivity index (χ1) is 6.27. The van der Waals surface area contributed by atoms with Crippen LogP contribution in [-0.2, 0) is 0 Å². The predicted octanol–water partition coefficient (Wildman–Crippen LogP) is 3.48. The van der Waals surface area contributed by atoms with E-state index in [0.717, 1.165) is 22.6 Å². The van der Waals surface area contributed by atoms with E-state index in [1.54, 1.807) is 0 Å². The minimum Gasteiger partial charge on any atom is -0.364 e. The van der Waals surface area contributed by atoms with Gasteiger partial charge in [-0.1, -0.05) is 23.8 Å². The van der Waals surface area contributed by atoms with Crippen LogP contribution in [0.15, 0.2) is 34.8 Å². The molecule has 0 unspecified atom stereocenters. The Morgan fingerprint density at radius 1 is 1.23 bits per heavy atom. The summed E-state index contributed by atoms with van der Waals surface area (Å²) in [5, 5.41) is 0.768. The van der Waals surface area contributed by atoms with Crippen molar-refractivity contribution in [1.29, 1.82) is 0 Å². The van der Waals surface area contributed by atoms with Crippen LogP contribution in [0.2, 0.25) is 5.02 Å². The topological polar surface area (TPSA) is 3.24 Å². The molecule has 0 amide bonds. The second kappa shape index (κ2) is 3.72. The van der Waals surface area contributed by atoms with Gasteiger partial charge >= 0.3 is 0 Å². The Bertz CT molecular complexity index is 341. The normalized spacial score (nSPS) is 15.4. The van der Waals surface area contributed by atoms with Gasteiger partial charge in [0.05, 0.1) is 5.02 Å². The van der Waals surface area contributed by atoms with Gasteiger partial charge in [0.15, 0.2) is 0 Å². The molecule has 13 heavy (non-hydrogen) atoms. The van der Waals surface area contributed by atoms with Gasteiger partial charge in [0, 0.05) is 23.2 Å². The zero-order valence-corrected chi connectivity index (χ0v) is 9.35. The van der Waals surface area contributed by atoms with Crippen molar-refractivity contribution in [2.75, 3.05) is 18.0 Å². The molecule has 0 spiro atoms. The second-order valence-electron chi connectivity index (χ2n) is 2.97. The molecule has 0 fully saturated rings. The standard InChI is InChI=1S/C10H9BrClN/c11-9-4-3-8(7-10(9)12)13-5-1-2-6-13/h1-4,7H,5-6H2. The third-order valence-electron chi connectivity index (χ3n) is 2.09. The lowest BCUT2D eigenvalue weighted by atomic mass is 10.3. The fourth-order valence-corrected chi connectivity index (χ4v) is 1.79. The summed E-state index contributed by atoms with van der Waals surface area (Å²) in [7, 11) is 0. The van der Waals surface area contributed by atoms with Crippen molar-refractivity contribution in [3.05, 3.63) is 39.8 Å². The Kier molecular flexibility index (Phi) is 2.61. The van der Waals surface area contributed by atoms with E-state index in [9.17, 15) is 0 Å². The van der Waals surface area contributed by atoms with E-state index in [1.807, 2.05) is 12.1 Å². The van der Waals surface area contributed by atoms with Crippen LogP contribution in [0.5, 0.6) is 0 Å². The van der Waals surface area contributed by atoms with Crippen LogP contribution >= 0.6 is 27.5 Å². The van der Waals surface area contributed by atoms with Gasteiger partial charge in [-0.2, -0.15) is 0 Å². The summed E-state index contributed by atoms with van der Waals surface area (Å²) in [4.78, 5) is 2.26. The highest BCUT2D eigenvalue weighted by atomic mass is 79.9. The number of nitrogens with zero attached hydrogens (tertiary/aromatic N) is 1. The molecule has 2 rings (SSSR count). The number of hydrogen-bond acceptors (Lipinski definition) is 1. The van der Waals surface area contributed by atoms with Gasteiger partial charge in [-0.05, 0) is 34.1 Å². The van der Waals surface area contributed by atoms with Gasteiger partial charge in [-0.15, -0.1) is 0 Å². The largest absolute Gasteiger partial charge is 0.364 e. The fraction of sp³-hybridized carbons (Fsp3) is 0.200. The third-order valence-corrected chi connectivity index (χ3v) is 3.32. The minimum atomic E-state index is 0.768. The molecule has 0 radical (unpaired) electrons. The number of halogens is 2. The Morgan fingerprint density at radius 2 is 1.92 bits per heavy atom. The van der Waals surface area contributed by atoms with Crippen LogP contribution in [0.4, 0.5) is 5.69 Å². The van der Waals surface area contributed by atoms with Crippen LogP contribution in [0.25, 0.3) is 0 Å². The zero-order chi connectivity index (χ0) is 9.26. The molecular weight excluding hydrogens is 249 g/mol. The molecule has 0 aliphatic carbocycles. The summed E-state index contributed by atoms with van der Waals surface area (Å²) in [5.41, 5.74) is 1.18. The Morgan fingerprint density at radius 3 is 2.54 bits per heavy atom. The van der Waals surface area contributed by atoms with E-state index >= 15 is 0 Å². The molecule has 0 bridgehead atoms. The molecule has 1 heterocycles. The van der Waals surface area contributed by atoms with Crippen LogP contribution < -0.4 is 4.90 Å². The highest BCUT2D eigenvalue weighted by Crippen LogP contribution is 2.28. The van der Waals surface area contributed by atoms with Gasteiger partial charge in [-0.3, -0.25) is 0 Å². The van der Waals surface area contributed by atoms with Gasteiger partial charge in [0.25, 0.3) is 0 Å². The highest BCUT2D eigenvalue weighted by Gasteiger charge is 2.08. The summed E-state index contributed by atoms with van der Waals surface area (Å²) < 4.78 is 0.949. The summed E-state index contributed by atoms with van der Waals surface area (Å²) in [6.45, 7) is 1.97. The van der Waals surface area contributed by atoms with Crippen LogP contribution in [-0.4, -0.2) is 13.1 Å². The van der Waals surface area contributed by atoms with Crippen molar-refractivity contribution in [3.8, 4) is 0 Å². The lowest BCUT2D eigenvalue weighted by Crippen LogP contribution is -2.18. The Labute approximate surface area is 91.1 Å². The first kappa shape index (κ1) is 9.10. The lowest BCUT2D eigenvalue weighted by molar-refractivity contribution is 1.01. The van der Waals surface area contributed by atoms with E-state index in [2.05, 4.69) is 39.0 Å². The van der Waals surface area contributed by atoms with E-state index in [0.29, 0.717) is 0 Å². The predicted molar refractivity (Wildman–Crippen MR) is 60.5 cm³/mol. The van der Waals surface area contributed by atoms with Gasteiger partial charge in [0.1, 0.15) is 0 Å². The SMILES string of the molecule is Clc1cc(N2CC=CC2)ccc1Br. The minimum absolute atomic E-state index is 0.768. The zero-order valence-electron chi connectivity index (χ0n) is 7.00. The Hall–Kier alpha value is -0.470. The van der Waals surface area contributed by atoms with Crippen molar-refractivity contribution in [2.24, 2.45) is 0 Å². The van der Waals surface area contributed by atoms with Crippen molar-refractivity contribution < 1.29 is 0 Å². The van der Waals surface area contributed by atoms with Crippen molar-refractivity contribution >= 4 is 33.2 Å². The van der Waals surface area contributed by atoms with Crippen molar-refractivity contribution in [3.63, 3.8) is 0 Å². The number of benzene rings is 1. The van der Waals surface area contributed by atoms with Gasteiger partial charge < -0.3 is 4.90 Å². The van der Waals surface area contributed by atoms with Gasteiger partial charge in [-0.25, -0.2) is 0 Å². The van der Waals surface area contributed by atoms with Crippen molar-refractivity contribution in [2.45, 2.75) is 0 Å². The second-order valence-corrected chi connectivity index (χ2v) is 4.24. The average Bonchev–Trinajstić information content (AvgIpc) is 2.62. The fourth-order valence-electron chi connectivity index (χ4n) is 1.37. The van der Waals surface area contributed by atoms with Crippen LogP contribution in [0, 0.1) is 0 Å². The summed E-state index contributed by atoms with van der Waals surface area (Å²) in [6, 6.07) is 6.04. The molecule has 1 aromatic rings. The van der Waals surface area contributed by atoms with Gasteiger partial charge in [0.2, 0.25) is 0 Å². The average molecular weight is 259 g/mol. The molecule has 0 N–H and O–H groups in total. The molecule has 0 saturated carbocycles. The molecule has 0 saturated heterocycles. The lowest BCUT2D eigenvalue weighted by Gasteiger charge is -2.17. The summed E-state index contributed by atoms with van der Waals surface area (Å²) >= 11 is 9.37. The van der Waals surface area contributed by atoms with E-state index < -0.39 is 0 Å². The number of rotatable bonds is 1. The molecule has 1 aromatic carbocycles. The molecule has 1 aliphatic heterocycles. The van der Waals surface area contributed by atoms with Crippen LogP contribution in [0.1, 0.15) is 0 Å². The molecule has 1 nitrogen and oxygen atoms in total. The first-order valence-corrected chi connectivity index (χ1v) is 5.29. The maximum atomic E-state index is 6.00. The maximum absolute atomic E-state index is 6.00. The third kappa shape index (κ3) is 1.89. The highest BCUT2D eigenvalue weighted by molar-refractivity contribution is 9.10. The first-order valence-electron chi connectivity index (χ1n) is 4.12. The van der Waals surface area contributed by atoms with E-state index in [1.165, 1.54) is 5.69 Å². The Balaban J connectivity index is 2.26. The molecule has 3 heteroatoms. The van der Waals surface area contributed by atoms with E-state index in [-0.39, 0.29) is 0 Å². The molecule has 68 valence electrons. The molecule has 0 aromatic heterocycles. The monoisotopic (exact) mass is 257 g/mol. The van der Waals surface area contributed by atoms with Crippen LogP contribution in [0.3, 0.4) is 0 Å². The van der Waals surface area contributed by atoms with E-state index in [4.69, 9.17) is 11.6 Å². The molecule has 1 aliphatic rings. The smallest absolute Gasteiger partial charge is 0.0568 e. The quantitative estimate of drug-likeness (QED) is 0.697. The maximum Gasteiger partial charge on any atom is 0.0568 e. The summed E-state index contributed by atoms with van der Waals surface area (Å²) in [6.07, 6.45) is 4.33. The summed E-state index contributed by atoms with van der Waals surface area (Å²) in [5.74, 6) is 0. The molecule has 0 atom stereocenters. The molecular formula is C10H9BrClN. The number of anilines is 1. The number of hydrogen-bond donors (Lipinski definition) is 0.